The van der Waals surface area contributed by atoms with E-state index in [9.17, 15) is 4.79 Å². The molecule has 0 N–H and O–H groups in total. The maximum absolute atomic E-state index is 12.5. The van der Waals surface area contributed by atoms with Gasteiger partial charge in [-0.2, -0.15) is 0 Å². The number of carbonyl (C=O) groups is 1. The third kappa shape index (κ3) is 4.29. The number of rotatable bonds is 6. The average Bonchev–Trinajstić information content (AvgIpc) is 2.54. The number of aromatic nitrogens is 1. The summed E-state index contributed by atoms with van der Waals surface area (Å²) in [4.78, 5) is 18.2. The predicted molar refractivity (Wildman–Crippen MR) is 86.8 cm³/mol. The monoisotopic (exact) mass is 318 g/mol. The van der Waals surface area contributed by atoms with E-state index in [-0.39, 0.29) is 11.9 Å². The third-order valence-corrected chi connectivity index (χ3v) is 3.77. The van der Waals surface area contributed by atoms with E-state index in [2.05, 4.69) is 4.98 Å². The number of ether oxygens (including phenoxy) is 1. The molecular formula is C17H19ClN2O2. The Morgan fingerprint density at radius 1 is 1.32 bits per heavy atom. The van der Waals surface area contributed by atoms with Gasteiger partial charge in [-0.25, -0.2) is 0 Å². The maximum atomic E-state index is 12.5. The fourth-order valence-corrected chi connectivity index (χ4v) is 2.38. The van der Waals surface area contributed by atoms with Crippen LogP contribution in [0.5, 0.6) is 0 Å². The van der Waals surface area contributed by atoms with E-state index in [0.717, 1.165) is 11.1 Å². The second-order valence-corrected chi connectivity index (χ2v) is 5.50. The van der Waals surface area contributed by atoms with Crippen LogP contribution in [0.1, 0.15) is 17.2 Å². The Hall–Kier alpha value is -1.91. The van der Waals surface area contributed by atoms with Crippen molar-refractivity contribution in [3.05, 3.63) is 64.9 Å². The van der Waals surface area contributed by atoms with Gasteiger partial charge in [-0.3, -0.25) is 9.78 Å². The zero-order valence-corrected chi connectivity index (χ0v) is 13.5. The molecule has 0 fully saturated rings. The third-order valence-electron chi connectivity index (χ3n) is 3.52. The Bertz CT molecular complexity index is 602. The summed E-state index contributed by atoms with van der Waals surface area (Å²) < 4.78 is 5.27. The molecule has 22 heavy (non-hydrogen) atoms. The maximum Gasteiger partial charge on any atom is 0.227 e. The fourth-order valence-electron chi connectivity index (χ4n) is 2.25. The molecule has 0 aliphatic heterocycles. The number of carbonyl (C=O) groups excluding carboxylic acids is 1. The minimum absolute atomic E-state index is 0.0185. The van der Waals surface area contributed by atoms with E-state index in [1.807, 2.05) is 36.4 Å². The van der Waals surface area contributed by atoms with Gasteiger partial charge in [0.05, 0.1) is 19.1 Å². The van der Waals surface area contributed by atoms with Crippen LogP contribution in [-0.4, -0.2) is 36.6 Å². The minimum Gasteiger partial charge on any atom is -0.382 e. The van der Waals surface area contributed by atoms with Crippen LogP contribution < -0.4 is 0 Å². The molecule has 5 heteroatoms. The number of methoxy groups -OCH3 is 1. The summed E-state index contributed by atoms with van der Waals surface area (Å²) in [6.45, 7) is 0.427. The normalized spacial score (nSPS) is 12.0. The first kappa shape index (κ1) is 16.5. The van der Waals surface area contributed by atoms with Crippen molar-refractivity contribution < 1.29 is 9.53 Å². The van der Waals surface area contributed by atoms with Gasteiger partial charge in [0.1, 0.15) is 0 Å². The summed E-state index contributed by atoms with van der Waals surface area (Å²) in [7, 11) is 3.42. The van der Waals surface area contributed by atoms with Gasteiger partial charge in [-0.15, -0.1) is 0 Å². The second-order valence-electron chi connectivity index (χ2n) is 5.07. The highest BCUT2D eigenvalue weighted by molar-refractivity contribution is 6.30. The van der Waals surface area contributed by atoms with Crippen molar-refractivity contribution in [2.45, 2.75) is 12.5 Å². The molecule has 1 amide bonds. The van der Waals surface area contributed by atoms with Crippen LogP contribution in [0.4, 0.5) is 0 Å². The molecule has 0 radical (unpaired) electrons. The number of likely N-dealkylation sites (N-methyl/N-ethyl adjacent to an activating group) is 1. The molecule has 2 rings (SSSR count). The van der Waals surface area contributed by atoms with Crippen LogP contribution in [0, 0.1) is 0 Å². The van der Waals surface area contributed by atoms with Crippen LogP contribution >= 0.6 is 11.6 Å². The van der Waals surface area contributed by atoms with E-state index < -0.39 is 0 Å². The zero-order chi connectivity index (χ0) is 15.9. The Labute approximate surface area is 135 Å². The number of nitrogens with zero attached hydrogens (tertiary/aromatic N) is 2. The topological polar surface area (TPSA) is 42.4 Å². The lowest BCUT2D eigenvalue weighted by atomic mass is 10.1. The van der Waals surface area contributed by atoms with E-state index in [4.69, 9.17) is 16.3 Å². The predicted octanol–water partition coefficient (Wildman–Crippen LogP) is 3.12. The number of hydrogen-bond donors (Lipinski definition) is 0. The Morgan fingerprint density at radius 2 is 2.05 bits per heavy atom. The van der Waals surface area contributed by atoms with E-state index in [1.54, 1.807) is 31.5 Å². The van der Waals surface area contributed by atoms with E-state index >= 15 is 0 Å². The SMILES string of the molecule is COCC(c1ccc(Cl)cc1)N(C)C(=O)Cc1cccnc1. The van der Waals surface area contributed by atoms with E-state index in [0.29, 0.717) is 18.1 Å². The summed E-state index contributed by atoms with van der Waals surface area (Å²) in [5.41, 5.74) is 1.89. The van der Waals surface area contributed by atoms with Gasteiger partial charge in [0, 0.05) is 31.6 Å². The van der Waals surface area contributed by atoms with E-state index in [1.165, 1.54) is 0 Å². The molecule has 1 heterocycles. The van der Waals surface area contributed by atoms with Gasteiger partial charge in [-0.1, -0.05) is 29.8 Å². The standard InChI is InChI=1S/C17H19ClN2O2/c1-20(17(21)10-13-4-3-9-19-11-13)16(12-22-2)14-5-7-15(18)8-6-14/h3-9,11,16H,10,12H2,1-2H3. The first-order chi connectivity index (χ1) is 10.6. The largest absolute Gasteiger partial charge is 0.382 e. The first-order valence-corrected chi connectivity index (χ1v) is 7.38. The molecule has 0 saturated carbocycles. The number of amides is 1. The summed E-state index contributed by atoms with van der Waals surface area (Å²) in [5, 5.41) is 0.671. The molecule has 1 aromatic carbocycles. The van der Waals surface area contributed by atoms with Gasteiger partial charge in [0.2, 0.25) is 5.91 Å². The highest BCUT2D eigenvalue weighted by atomic mass is 35.5. The van der Waals surface area contributed by atoms with Crippen LogP contribution in [-0.2, 0) is 16.0 Å². The number of benzene rings is 1. The molecule has 1 unspecified atom stereocenters. The Morgan fingerprint density at radius 3 is 2.64 bits per heavy atom. The molecule has 116 valence electrons. The summed E-state index contributed by atoms with van der Waals surface area (Å²) in [5.74, 6) is 0.0185. The second kappa shape index (κ2) is 7.92. The molecule has 0 spiro atoms. The van der Waals surface area contributed by atoms with Crippen LogP contribution in [0.15, 0.2) is 48.8 Å². The minimum atomic E-state index is -0.147. The van der Waals surface area contributed by atoms with Gasteiger partial charge in [-0.05, 0) is 29.3 Å². The first-order valence-electron chi connectivity index (χ1n) is 7.00. The number of hydrogen-bond acceptors (Lipinski definition) is 3. The lowest BCUT2D eigenvalue weighted by molar-refractivity contribution is -0.132. The van der Waals surface area contributed by atoms with Crippen LogP contribution in [0.2, 0.25) is 5.02 Å². The molecule has 1 aromatic heterocycles. The molecule has 0 bridgehead atoms. The smallest absolute Gasteiger partial charge is 0.227 e. The van der Waals surface area contributed by atoms with Crippen LogP contribution in [0.3, 0.4) is 0 Å². The molecule has 2 aromatic rings. The van der Waals surface area contributed by atoms with Gasteiger partial charge < -0.3 is 9.64 Å². The van der Waals surface area contributed by atoms with Crippen molar-refractivity contribution in [2.75, 3.05) is 20.8 Å². The lowest BCUT2D eigenvalue weighted by Crippen LogP contribution is -2.34. The van der Waals surface area contributed by atoms with Crippen molar-refractivity contribution in [3.63, 3.8) is 0 Å². The molecule has 0 aliphatic carbocycles. The van der Waals surface area contributed by atoms with Gasteiger partial charge in [0.25, 0.3) is 0 Å². The highest BCUT2D eigenvalue weighted by Gasteiger charge is 2.21. The molecule has 1 atom stereocenters. The lowest BCUT2D eigenvalue weighted by Gasteiger charge is -2.28. The van der Waals surface area contributed by atoms with Crippen molar-refractivity contribution in [1.29, 1.82) is 0 Å². The Kier molecular flexibility index (Phi) is 5.92. The molecule has 4 nitrogen and oxygen atoms in total. The average molecular weight is 319 g/mol. The highest BCUT2D eigenvalue weighted by Crippen LogP contribution is 2.22. The number of halogens is 1. The van der Waals surface area contributed by atoms with Gasteiger partial charge >= 0.3 is 0 Å². The van der Waals surface area contributed by atoms with Crippen molar-refractivity contribution in [3.8, 4) is 0 Å². The fraction of sp³-hybridized carbons (Fsp3) is 0.294. The van der Waals surface area contributed by atoms with Gasteiger partial charge in [0.15, 0.2) is 0 Å². The van der Waals surface area contributed by atoms with Crippen LogP contribution in [0.25, 0.3) is 0 Å². The quantitative estimate of drug-likeness (QED) is 0.822. The van der Waals surface area contributed by atoms with Crippen molar-refractivity contribution in [2.24, 2.45) is 0 Å². The molecular weight excluding hydrogens is 300 g/mol. The number of pyridine rings is 1. The Balaban J connectivity index is 2.13. The van der Waals surface area contributed by atoms with Crippen molar-refractivity contribution >= 4 is 17.5 Å². The summed E-state index contributed by atoms with van der Waals surface area (Å²) in [6.07, 6.45) is 3.72. The van der Waals surface area contributed by atoms with Crippen molar-refractivity contribution in [1.82, 2.24) is 9.88 Å². The zero-order valence-electron chi connectivity index (χ0n) is 12.7. The molecule has 0 saturated heterocycles. The summed E-state index contributed by atoms with van der Waals surface area (Å²) >= 11 is 5.92. The summed E-state index contributed by atoms with van der Waals surface area (Å²) in [6, 6.07) is 11.0. The molecule has 0 aliphatic rings.